The molecule has 74 valence electrons. The fraction of sp³-hybridized carbons (Fsp3) is 0.200. The van der Waals surface area contributed by atoms with Gasteiger partial charge in [0, 0.05) is 10.9 Å². The molecule has 2 nitrogen and oxygen atoms in total. The Hall–Kier alpha value is -1.58. The van der Waals surface area contributed by atoms with Gasteiger partial charge in [-0.15, -0.1) is 0 Å². The van der Waals surface area contributed by atoms with Gasteiger partial charge in [0.2, 0.25) is 0 Å². The fourth-order valence-electron chi connectivity index (χ4n) is 1.51. The van der Waals surface area contributed by atoms with Crippen molar-refractivity contribution in [1.82, 2.24) is 4.98 Å². The summed E-state index contributed by atoms with van der Waals surface area (Å²) in [4.78, 5) is 2.64. The number of aromatic amines is 1. The van der Waals surface area contributed by atoms with Crippen LogP contribution in [-0.2, 0) is 0 Å². The van der Waals surface area contributed by atoms with E-state index in [1.54, 1.807) is 24.3 Å². The molecule has 1 heterocycles. The number of hydrogen-bond donors (Lipinski definition) is 1. The van der Waals surface area contributed by atoms with Gasteiger partial charge in [-0.2, -0.15) is 0 Å². The van der Waals surface area contributed by atoms with E-state index in [0.29, 0.717) is 10.9 Å². The third-order valence-electron chi connectivity index (χ3n) is 2.11. The minimum atomic E-state index is -2.54. The average Bonchev–Trinajstić information content (AvgIpc) is 2.56. The molecular weight excluding hydrogens is 188 g/mol. The Labute approximate surface area is 79.5 Å². The summed E-state index contributed by atoms with van der Waals surface area (Å²) in [5, 5.41) is 0.685. The molecular formula is C10H9F2NO. The third kappa shape index (κ3) is 1.23. The first-order chi connectivity index (χ1) is 6.74. The van der Waals surface area contributed by atoms with Crippen molar-refractivity contribution in [2.24, 2.45) is 0 Å². The van der Waals surface area contributed by atoms with Crippen molar-refractivity contribution in [3.8, 4) is 5.75 Å². The average molecular weight is 197 g/mol. The standard InChI is InChI=1S/C10H9F2NO/c1-14-9-6-4-2-3-5-7(6)13-8(9)10(11)12/h2-5,10,13H,1H3. The monoisotopic (exact) mass is 197 g/mol. The van der Waals surface area contributed by atoms with Crippen molar-refractivity contribution < 1.29 is 13.5 Å². The molecule has 0 amide bonds. The Balaban J connectivity index is 2.72. The number of ether oxygens (including phenoxy) is 1. The van der Waals surface area contributed by atoms with Crippen LogP contribution in [0.25, 0.3) is 10.9 Å². The minimum Gasteiger partial charge on any atom is -0.494 e. The molecule has 0 fully saturated rings. The molecule has 0 atom stereocenters. The number of H-pyrrole nitrogens is 1. The second-order valence-electron chi connectivity index (χ2n) is 2.92. The first-order valence-corrected chi connectivity index (χ1v) is 4.16. The number of alkyl halides is 2. The highest BCUT2D eigenvalue weighted by Crippen LogP contribution is 2.35. The van der Waals surface area contributed by atoms with Crippen molar-refractivity contribution in [2.45, 2.75) is 6.43 Å². The Kier molecular flexibility index (Phi) is 2.11. The maximum absolute atomic E-state index is 12.5. The van der Waals surface area contributed by atoms with Crippen LogP contribution < -0.4 is 4.74 Å². The van der Waals surface area contributed by atoms with E-state index < -0.39 is 6.43 Å². The molecule has 1 aromatic carbocycles. The number of nitrogens with one attached hydrogen (secondary N) is 1. The van der Waals surface area contributed by atoms with Crippen LogP contribution >= 0.6 is 0 Å². The Morgan fingerprint density at radius 3 is 2.64 bits per heavy atom. The first-order valence-electron chi connectivity index (χ1n) is 4.16. The molecule has 1 N–H and O–H groups in total. The van der Waals surface area contributed by atoms with Gasteiger partial charge in [0.05, 0.1) is 7.11 Å². The second kappa shape index (κ2) is 3.29. The molecule has 0 spiro atoms. The molecule has 2 aromatic rings. The number of aromatic nitrogens is 1. The molecule has 0 radical (unpaired) electrons. The minimum absolute atomic E-state index is 0.159. The predicted octanol–water partition coefficient (Wildman–Crippen LogP) is 3.11. The quantitative estimate of drug-likeness (QED) is 0.786. The highest BCUT2D eigenvalue weighted by molar-refractivity contribution is 5.87. The molecule has 0 aliphatic rings. The maximum Gasteiger partial charge on any atom is 0.281 e. The van der Waals surface area contributed by atoms with Gasteiger partial charge < -0.3 is 9.72 Å². The highest BCUT2D eigenvalue weighted by Gasteiger charge is 2.18. The summed E-state index contributed by atoms with van der Waals surface area (Å²) in [7, 11) is 1.39. The number of hydrogen-bond acceptors (Lipinski definition) is 1. The molecule has 0 unspecified atom stereocenters. The number of rotatable bonds is 2. The smallest absolute Gasteiger partial charge is 0.281 e. The SMILES string of the molecule is COc1c(C(F)F)[nH]c2ccccc12. The van der Waals surface area contributed by atoms with Gasteiger partial charge in [0.15, 0.2) is 5.75 Å². The Morgan fingerprint density at radius 2 is 2.00 bits per heavy atom. The summed E-state index contributed by atoms with van der Waals surface area (Å²) in [6, 6.07) is 7.06. The summed E-state index contributed by atoms with van der Waals surface area (Å²) in [6.07, 6.45) is -2.54. The van der Waals surface area contributed by atoms with Crippen molar-refractivity contribution in [3.63, 3.8) is 0 Å². The summed E-state index contributed by atoms with van der Waals surface area (Å²) < 4.78 is 30.0. The first kappa shape index (κ1) is 8.99. The van der Waals surface area contributed by atoms with Crippen LogP contribution in [-0.4, -0.2) is 12.1 Å². The van der Waals surface area contributed by atoms with Gasteiger partial charge in [-0.1, -0.05) is 12.1 Å². The lowest BCUT2D eigenvalue weighted by atomic mass is 10.2. The van der Waals surface area contributed by atoms with Crippen LogP contribution in [0.5, 0.6) is 5.75 Å². The normalized spacial score (nSPS) is 11.1. The number of para-hydroxylation sites is 1. The topological polar surface area (TPSA) is 25.0 Å². The zero-order valence-electron chi connectivity index (χ0n) is 7.55. The van der Waals surface area contributed by atoms with E-state index >= 15 is 0 Å². The lowest BCUT2D eigenvalue weighted by Gasteiger charge is -2.00. The Bertz CT molecular complexity index is 450. The molecule has 0 saturated carbocycles. The van der Waals surface area contributed by atoms with Crippen LogP contribution in [0.3, 0.4) is 0 Å². The van der Waals surface area contributed by atoms with Crippen LogP contribution in [0, 0.1) is 0 Å². The lowest BCUT2D eigenvalue weighted by Crippen LogP contribution is -1.89. The zero-order valence-corrected chi connectivity index (χ0v) is 7.55. The summed E-state index contributed by atoms with van der Waals surface area (Å²) >= 11 is 0. The molecule has 0 aliphatic carbocycles. The van der Waals surface area contributed by atoms with Gasteiger partial charge >= 0.3 is 0 Å². The third-order valence-corrected chi connectivity index (χ3v) is 2.11. The predicted molar refractivity (Wildman–Crippen MR) is 49.8 cm³/mol. The molecule has 1 aromatic heterocycles. The summed E-state index contributed by atoms with van der Waals surface area (Å²) in [5.74, 6) is 0.232. The second-order valence-corrected chi connectivity index (χ2v) is 2.92. The van der Waals surface area contributed by atoms with Crippen molar-refractivity contribution in [2.75, 3.05) is 7.11 Å². The van der Waals surface area contributed by atoms with Crippen molar-refractivity contribution in [3.05, 3.63) is 30.0 Å². The van der Waals surface area contributed by atoms with Crippen LogP contribution in [0.15, 0.2) is 24.3 Å². The fourth-order valence-corrected chi connectivity index (χ4v) is 1.51. The van der Waals surface area contributed by atoms with Gasteiger partial charge in [-0.3, -0.25) is 0 Å². The molecule has 2 rings (SSSR count). The van der Waals surface area contributed by atoms with E-state index in [0.717, 1.165) is 0 Å². The van der Waals surface area contributed by atoms with E-state index in [1.807, 2.05) is 0 Å². The highest BCUT2D eigenvalue weighted by atomic mass is 19.3. The Morgan fingerprint density at radius 1 is 1.29 bits per heavy atom. The van der Waals surface area contributed by atoms with Crippen molar-refractivity contribution in [1.29, 1.82) is 0 Å². The molecule has 14 heavy (non-hydrogen) atoms. The molecule has 0 aliphatic heterocycles. The van der Waals surface area contributed by atoms with E-state index in [4.69, 9.17) is 4.74 Å². The van der Waals surface area contributed by atoms with Crippen LogP contribution in [0.1, 0.15) is 12.1 Å². The number of halogens is 2. The maximum atomic E-state index is 12.5. The van der Waals surface area contributed by atoms with E-state index in [9.17, 15) is 8.78 Å². The van der Waals surface area contributed by atoms with Crippen LogP contribution in [0.4, 0.5) is 8.78 Å². The van der Waals surface area contributed by atoms with E-state index in [1.165, 1.54) is 7.11 Å². The molecule has 4 heteroatoms. The van der Waals surface area contributed by atoms with Crippen LogP contribution in [0.2, 0.25) is 0 Å². The van der Waals surface area contributed by atoms with Gasteiger partial charge in [-0.05, 0) is 12.1 Å². The summed E-state index contributed by atoms with van der Waals surface area (Å²) in [6.45, 7) is 0. The molecule has 0 saturated heterocycles. The number of benzene rings is 1. The van der Waals surface area contributed by atoms with E-state index in [2.05, 4.69) is 4.98 Å². The van der Waals surface area contributed by atoms with Gasteiger partial charge in [0.25, 0.3) is 6.43 Å². The molecule has 0 bridgehead atoms. The van der Waals surface area contributed by atoms with Gasteiger partial charge in [-0.25, -0.2) is 8.78 Å². The zero-order chi connectivity index (χ0) is 10.1. The van der Waals surface area contributed by atoms with Crippen molar-refractivity contribution >= 4 is 10.9 Å². The lowest BCUT2D eigenvalue weighted by molar-refractivity contribution is 0.143. The number of fused-ring (bicyclic) bond motifs is 1. The largest absolute Gasteiger partial charge is 0.494 e. The summed E-state index contributed by atoms with van der Waals surface area (Å²) in [5.41, 5.74) is 0.508. The van der Waals surface area contributed by atoms with E-state index in [-0.39, 0.29) is 11.4 Å². The number of methoxy groups -OCH3 is 1. The van der Waals surface area contributed by atoms with Gasteiger partial charge in [0.1, 0.15) is 5.69 Å².